The van der Waals surface area contributed by atoms with Gasteiger partial charge >= 0.3 is 0 Å². The Bertz CT molecular complexity index is 1100. The lowest BCUT2D eigenvalue weighted by Gasteiger charge is -2.18. The summed E-state index contributed by atoms with van der Waals surface area (Å²) < 4.78 is 3.59. The van der Waals surface area contributed by atoms with Gasteiger partial charge in [0.1, 0.15) is 5.82 Å². The monoisotopic (exact) mass is 411 g/mol. The fourth-order valence-corrected chi connectivity index (χ4v) is 4.22. The lowest BCUT2D eigenvalue weighted by atomic mass is 10.2. The molecule has 1 aliphatic rings. The number of hydrogen-bond acceptors (Lipinski definition) is 5. The molecule has 0 bridgehead atoms. The second kappa shape index (κ2) is 8.02. The van der Waals surface area contributed by atoms with E-state index >= 15 is 0 Å². The van der Waals surface area contributed by atoms with Crippen LogP contribution in [0.2, 0.25) is 0 Å². The number of hydrogen-bond donors (Lipinski definition) is 1. The second-order valence-corrected chi connectivity index (χ2v) is 8.79. The molecular formula is C21H25N5O2S. The first-order valence-corrected chi connectivity index (χ1v) is 10.9. The Labute approximate surface area is 173 Å². The molecule has 4 rings (SSSR count). The van der Waals surface area contributed by atoms with Crippen LogP contribution < -0.4 is 10.9 Å². The van der Waals surface area contributed by atoms with Gasteiger partial charge in [-0.3, -0.25) is 14.2 Å². The highest BCUT2D eigenvalue weighted by atomic mass is 32.2. The molecule has 152 valence electrons. The molecular weight excluding hydrogens is 386 g/mol. The van der Waals surface area contributed by atoms with E-state index in [9.17, 15) is 9.59 Å². The van der Waals surface area contributed by atoms with Crippen molar-refractivity contribution in [3.8, 4) is 0 Å². The van der Waals surface area contributed by atoms with E-state index in [1.54, 1.807) is 16.8 Å². The van der Waals surface area contributed by atoms with Crippen molar-refractivity contribution < 1.29 is 4.79 Å². The van der Waals surface area contributed by atoms with E-state index in [1.165, 1.54) is 11.8 Å². The first-order chi connectivity index (χ1) is 14.0. The highest BCUT2D eigenvalue weighted by Crippen LogP contribution is 2.37. The fraction of sp³-hybridized carbons (Fsp3) is 0.429. The number of anilines is 1. The largest absolute Gasteiger partial charge is 0.310 e. The van der Waals surface area contributed by atoms with Crippen molar-refractivity contribution in [3.63, 3.8) is 0 Å². The van der Waals surface area contributed by atoms with E-state index in [2.05, 4.69) is 24.3 Å². The van der Waals surface area contributed by atoms with Crippen LogP contribution in [0.25, 0.3) is 10.9 Å². The number of benzene rings is 1. The van der Waals surface area contributed by atoms with Gasteiger partial charge in [-0.15, -0.1) is 0 Å². The van der Waals surface area contributed by atoms with Crippen LogP contribution in [-0.2, 0) is 4.79 Å². The quantitative estimate of drug-likeness (QED) is 0.469. The molecule has 2 heterocycles. The highest BCUT2D eigenvalue weighted by Gasteiger charge is 2.30. The van der Waals surface area contributed by atoms with Gasteiger partial charge in [-0.2, -0.15) is 5.10 Å². The van der Waals surface area contributed by atoms with Crippen molar-refractivity contribution >= 4 is 34.4 Å². The van der Waals surface area contributed by atoms with Crippen LogP contribution in [0.15, 0.2) is 46.5 Å². The maximum absolute atomic E-state index is 13.0. The summed E-state index contributed by atoms with van der Waals surface area (Å²) in [5.74, 6) is 0.549. The summed E-state index contributed by atoms with van der Waals surface area (Å²) in [5.41, 5.74) is 0.641. The predicted octanol–water partition coefficient (Wildman–Crippen LogP) is 4.02. The molecule has 0 aliphatic heterocycles. The fourth-order valence-electron chi connectivity index (χ4n) is 3.24. The summed E-state index contributed by atoms with van der Waals surface area (Å²) >= 11 is 1.33. The van der Waals surface area contributed by atoms with E-state index in [0.29, 0.717) is 21.9 Å². The minimum Gasteiger partial charge on any atom is -0.310 e. The number of para-hydroxylation sites is 1. The van der Waals surface area contributed by atoms with E-state index < -0.39 is 5.25 Å². The first kappa shape index (κ1) is 19.7. The third kappa shape index (κ3) is 3.94. The van der Waals surface area contributed by atoms with Crippen molar-refractivity contribution in [2.75, 3.05) is 5.32 Å². The minimum absolute atomic E-state index is 0.0249. The Morgan fingerprint density at radius 1 is 1.28 bits per heavy atom. The third-order valence-electron chi connectivity index (χ3n) is 5.27. The topological polar surface area (TPSA) is 81.8 Å². The number of rotatable bonds is 7. The Morgan fingerprint density at radius 3 is 2.76 bits per heavy atom. The minimum atomic E-state index is -0.409. The maximum Gasteiger partial charge on any atom is 0.262 e. The summed E-state index contributed by atoms with van der Waals surface area (Å²) in [4.78, 5) is 30.5. The molecule has 1 N–H and O–H groups in total. The number of fused-ring (bicyclic) bond motifs is 1. The number of thioether (sulfide) groups is 1. The molecule has 1 saturated carbocycles. The number of nitrogens with one attached hydrogen (secondary N) is 1. The van der Waals surface area contributed by atoms with Crippen molar-refractivity contribution in [2.45, 2.75) is 62.5 Å². The number of aromatic nitrogens is 4. The van der Waals surface area contributed by atoms with Gasteiger partial charge in [0.2, 0.25) is 5.91 Å². The van der Waals surface area contributed by atoms with Gasteiger partial charge in [-0.05, 0) is 45.2 Å². The van der Waals surface area contributed by atoms with Gasteiger partial charge in [-0.25, -0.2) is 9.67 Å². The zero-order valence-electron chi connectivity index (χ0n) is 16.8. The number of carbonyl (C=O) groups excluding carboxylic acids is 1. The molecule has 0 unspecified atom stereocenters. The maximum atomic E-state index is 13.0. The summed E-state index contributed by atoms with van der Waals surface area (Å²) in [5, 5.41) is 8.10. The zero-order chi connectivity index (χ0) is 20.5. The molecule has 2 atom stereocenters. The predicted molar refractivity (Wildman–Crippen MR) is 115 cm³/mol. The average molecular weight is 412 g/mol. The first-order valence-electron chi connectivity index (χ1n) is 10.0. The number of nitrogens with zero attached hydrogens (tertiary/aromatic N) is 4. The normalized spacial score (nSPS) is 16.0. The summed E-state index contributed by atoms with van der Waals surface area (Å²) in [6.07, 6.45) is 4.56. The van der Waals surface area contributed by atoms with Crippen LogP contribution in [0.4, 0.5) is 5.82 Å². The van der Waals surface area contributed by atoms with E-state index in [4.69, 9.17) is 4.98 Å². The Balaban J connectivity index is 1.58. The smallest absolute Gasteiger partial charge is 0.262 e. The van der Waals surface area contributed by atoms with Gasteiger partial charge in [0.05, 0.1) is 28.4 Å². The summed E-state index contributed by atoms with van der Waals surface area (Å²) in [6.45, 7) is 5.98. The number of amides is 1. The molecule has 0 radical (unpaired) electrons. The molecule has 8 heteroatoms. The van der Waals surface area contributed by atoms with E-state index in [1.807, 2.05) is 35.9 Å². The van der Waals surface area contributed by atoms with Crippen molar-refractivity contribution in [1.29, 1.82) is 0 Å². The zero-order valence-corrected chi connectivity index (χ0v) is 17.6. The van der Waals surface area contributed by atoms with Crippen LogP contribution in [0.3, 0.4) is 0 Å². The van der Waals surface area contributed by atoms with Gasteiger partial charge in [0, 0.05) is 12.1 Å². The summed E-state index contributed by atoms with van der Waals surface area (Å²) in [7, 11) is 0. The van der Waals surface area contributed by atoms with Crippen LogP contribution in [0.1, 0.15) is 52.1 Å². The molecule has 1 aliphatic carbocycles. The SMILES string of the molecule is CC[C@@H](C)n1nccc1NC(=O)[C@H](C)Sc1nc2ccccc2c(=O)n1C1CC1. The highest BCUT2D eigenvalue weighted by molar-refractivity contribution is 8.00. The molecule has 1 fully saturated rings. The average Bonchev–Trinajstić information content (AvgIpc) is 3.45. The van der Waals surface area contributed by atoms with Crippen molar-refractivity contribution in [3.05, 3.63) is 46.9 Å². The van der Waals surface area contributed by atoms with Gasteiger partial charge in [0.15, 0.2) is 5.16 Å². The standard InChI is InChI=1S/C21H25N5O2S/c1-4-13(2)26-18(11-12-22-26)24-19(27)14(3)29-21-23-17-8-6-5-7-16(17)20(28)25(21)15-9-10-15/h5-8,11-15H,4,9-10H2,1-3H3,(H,24,27)/t13-,14+/m1/s1. The van der Waals surface area contributed by atoms with Gasteiger partial charge in [0.25, 0.3) is 5.56 Å². The Morgan fingerprint density at radius 2 is 2.03 bits per heavy atom. The van der Waals surface area contributed by atoms with Crippen LogP contribution in [0.5, 0.6) is 0 Å². The molecule has 2 aromatic heterocycles. The molecule has 0 saturated heterocycles. The van der Waals surface area contributed by atoms with Crippen LogP contribution in [-0.4, -0.2) is 30.5 Å². The molecule has 1 amide bonds. The Hall–Kier alpha value is -2.61. The lowest BCUT2D eigenvalue weighted by molar-refractivity contribution is -0.115. The van der Waals surface area contributed by atoms with E-state index in [-0.39, 0.29) is 23.6 Å². The van der Waals surface area contributed by atoms with Crippen molar-refractivity contribution in [2.24, 2.45) is 0 Å². The van der Waals surface area contributed by atoms with Gasteiger partial charge < -0.3 is 5.32 Å². The van der Waals surface area contributed by atoms with Crippen LogP contribution in [0, 0.1) is 0 Å². The molecule has 7 nitrogen and oxygen atoms in total. The van der Waals surface area contributed by atoms with Crippen molar-refractivity contribution in [1.82, 2.24) is 19.3 Å². The third-order valence-corrected chi connectivity index (χ3v) is 6.34. The summed E-state index contributed by atoms with van der Waals surface area (Å²) in [6, 6.07) is 9.56. The molecule has 1 aromatic carbocycles. The Kier molecular flexibility index (Phi) is 5.45. The second-order valence-electron chi connectivity index (χ2n) is 7.49. The molecule has 0 spiro atoms. The molecule has 3 aromatic rings. The molecule has 29 heavy (non-hydrogen) atoms. The lowest BCUT2D eigenvalue weighted by Crippen LogP contribution is -2.27. The number of carbonyl (C=O) groups is 1. The van der Waals surface area contributed by atoms with Crippen LogP contribution >= 0.6 is 11.8 Å². The van der Waals surface area contributed by atoms with E-state index in [0.717, 1.165) is 19.3 Å². The van der Waals surface area contributed by atoms with Gasteiger partial charge in [-0.1, -0.05) is 30.8 Å².